The Kier molecular flexibility index (Phi) is 9.58. The normalized spacial score (nSPS) is 18.7. The Hall–Kier alpha value is 1.04. The van der Waals surface area contributed by atoms with Gasteiger partial charge in [-0.3, -0.25) is 0 Å². The second-order valence-electron chi connectivity index (χ2n) is 3.91. The minimum atomic E-state index is -1.46. The smallest absolute Gasteiger partial charge is 0.161 e. The third kappa shape index (κ3) is 10.6. The number of ether oxygens (including phenoxy) is 1. The van der Waals surface area contributed by atoms with E-state index in [1.54, 1.807) is 0 Å². The second kappa shape index (κ2) is 9.03. The van der Waals surface area contributed by atoms with Crippen molar-refractivity contribution in [2.24, 2.45) is 0 Å². The SMILES string of the molecule is OC(Cl)(CCCCl)COCC(O)(Cl)CCCCl. The fourth-order valence-corrected chi connectivity index (χ4v) is 1.87. The van der Waals surface area contributed by atoms with E-state index in [1.807, 2.05) is 0 Å². The second-order valence-corrected chi connectivity index (χ2v) is 6.08. The van der Waals surface area contributed by atoms with Crippen LogP contribution in [0.3, 0.4) is 0 Å². The Balaban J connectivity index is 3.80. The lowest BCUT2D eigenvalue weighted by Crippen LogP contribution is -2.33. The number of halogens is 4. The Morgan fingerprint density at radius 3 is 1.47 bits per heavy atom. The standard InChI is InChI=1S/C10H18Cl4O3/c11-5-1-3-9(13,15)7-17-8-10(14,16)4-2-6-12/h15-16H,1-8H2. The van der Waals surface area contributed by atoms with E-state index >= 15 is 0 Å². The first kappa shape index (κ1) is 18.0. The maximum Gasteiger partial charge on any atom is 0.161 e. The molecule has 2 atom stereocenters. The molecule has 2 N–H and O–H groups in total. The zero-order valence-electron chi connectivity index (χ0n) is 9.47. The Morgan fingerprint density at radius 1 is 0.824 bits per heavy atom. The fraction of sp³-hybridized carbons (Fsp3) is 1.00. The predicted molar refractivity (Wildman–Crippen MR) is 72.3 cm³/mol. The summed E-state index contributed by atoms with van der Waals surface area (Å²) in [4.78, 5) is 0. The molecule has 0 saturated carbocycles. The Bertz CT molecular complexity index is 180. The van der Waals surface area contributed by atoms with Gasteiger partial charge >= 0.3 is 0 Å². The van der Waals surface area contributed by atoms with Crippen LogP contribution in [0, 0.1) is 0 Å². The summed E-state index contributed by atoms with van der Waals surface area (Å²) >= 11 is 22.5. The van der Waals surface area contributed by atoms with Gasteiger partial charge in [0.2, 0.25) is 0 Å². The summed E-state index contributed by atoms with van der Waals surface area (Å²) in [6.45, 7) is -0.220. The van der Waals surface area contributed by atoms with Crippen LogP contribution in [0.4, 0.5) is 0 Å². The minimum Gasteiger partial charge on any atom is -0.373 e. The molecule has 0 heterocycles. The van der Waals surface area contributed by atoms with Gasteiger partial charge in [-0.05, 0) is 25.7 Å². The summed E-state index contributed by atoms with van der Waals surface area (Å²) in [7, 11) is 0. The Labute approximate surface area is 122 Å². The number of hydrogen-bond acceptors (Lipinski definition) is 3. The van der Waals surface area contributed by atoms with Crippen LogP contribution in [0.15, 0.2) is 0 Å². The van der Waals surface area contributed by atoms with Crippen molar-refractivity contribution >= 4 is 46.4 Å². The molecule has 0 aliphatic rings. The zero-order chi connectivity index (χ0) is 13.4. The average molecular weight is 328 g/mol. The summed E-state index contributed by atoms with van der Waals surface area (Å²) in [5, 5.41) is 16.4. The highest BCUT2D eigenvalue weighted by molar-refractivity contribution is 6.23. The Morgan fingerprint density at radius 2 is 1.18 bits per heavy atom. The van der Waals surface area contributed by atoms with E-state index in [-0.39, 0.29) is 13.2 Å². The van der Waals surface area contributed by atoms with Crippen molar-refractivity contribution in [2.75, 3.05) is 25.0 Å². The lowest BCUT2D eigenvalue weighted by molar-refractivity contribution is -0.0433. The van der Waals surface area contributed by atoms with Crippen LogP contribution in [0.5, 0.6) is 0 Å². The van der Waals surface area contributed by atoms with Crippen LogP contribution in [0.1, 0.15) is 25.7 Å². The van der Waals surface area contributed by atoms with E-state index in [0.717, 1.165) is 0 Å². The lowest BCUT2D eigenvalue weighted by atomic mass is 10.2. The summed E-state index contributed by atoms with van der Waals surface area (Å²) in [6, 6.07) is 0. The zero-order valence-corrected chi connectivity index (χ0v) is 12.5. The van der Waals surface area contributed by atoms with Crippen molar-refractivity contribution in [3.63, 3.8) is 0 Å². The molecular weight excluding hydrogens is 310 g/mol. The van der Waals surface area contributed by atoms with E-state index in [4.69, 9.17) is 51.1 Å². The summed E-state index contributed by atoms with van der Waals surface area (Å²) in [6.07, 6.45) is 1.81. The third-order valence-electron chi connectivity index (χ3n) is 2.03. The molecule has 0 radical (unpaired) electrons. The third-order valence-corrected chi connectivity index (χ3v) is 3.16. The highest BCUT2D eigenvalue weighted by Crippen LogP contribution is 2.22. The van der Waals surface area contributed by atoms with Crippen molar-refractivity contribution in [1.82, 2.24) is 0 Å². The molecule has 0 amide bonds. The van der Waals surface area contributed by atoms with Crippen molar-refractivity contribution in [3.8, 4) is 0 Å². The minimum absolute atomic E-state index is 0.110. The summed E-state index contributed by atoms with van der Waals surface area (Å²) in [5.74, 6) is 0.842. The first-order chi connectivity index (χ1) is 7.83. The molecule has 0 aromatic heterocycles. The van der Waals surface area contributed by atoms with E-state index in [1.165, 1.54) is 0 Å². The van der Waals surface area contributed by atoms with Gasteiger partial charge in [-0.1, -0.05) is 23.2 Å². The fourth-order valence-electron chi connectivity index (χ4n) is 1.18. The van der Waals surface area contributed by atoms with Crippen LogP contribution in [-0.2, 0) is 4.74 Å². The van der Waals surface area contributed by atoms with Gasteiger partial charge in [-0.25, -0.2) is 0 Å². The summed E-state index contributed by atoms with van der Waals surface area (Å²) in [5.41, 5.74) is 0. The maximum atomic E-state index is 9.65. The lowest BCUT2D eigenvalue weighted by Gasteiger charge is -2.24. The molecule has 17 heavy (non-hydrogen) atoms. The van der Waals surface area contributed by atoms with Gasteiger partial charge in [0.05, 0.1) is 13.2 Å². The molecule has 0 aliphatic heterocycles. The van der Waals surface area contributed by atoms with Gasteiger partial charge in [-0.2, -0.15) is 0 Å². The molecule has 2 unspecified atom stereocenters. The van der Waals surface area contributed by atoms with Gasteiger partial charge in [0.1, 0.15) is 0 Å². The molecular formula is C10H18Cl4O3. The molecule has 0 spiro atoms. The molecule has 7 heteroatoms. The van der Waals surface area contributed by atoms with E-state index in [2.05, 4.69) is 0 Å². The molecule has 104 valence electrons. The van der Waals surface area contributed by atoms with Crippen molar-refractivity contribution < 1.29 is 14.9 Å². The van der Waals surface area contributed by atoms with Gasteiger partial charge in [-0.15, -0.1) is 23.2 Å². The number of aliphatic hydroxyl groups is 2. The largest absolute Gasteiger partial charge is 0.373 e. The number of alkyl halides is 4. The van der Waals surface area contributed by atoms with Crippen LogP contribution >= 0.6 is 46.4 Å². The van der Waals surface area contributed by atoms with Gasteiger partial charge in [0.15, 0.2) is 10.1 Å². The van der Waals surface area contributed by atoms with E-state index in [9.17, 15) is 10.2 Å². The monoisotopic (exact) mass is 326 g/mol. The van der Waals surface area contributed by atoms with E-state index in [0.29, 0.717) is 37.4 Å². The highest BCUT2D eigenvalue weighted by atomic mass is 35.5. The topological polar surface area (TPSA) is 49.7 Å². The van der Waals surface area contributed by atoms with Gasteiger partial charge in [0.25, 0.3) is 0 Å². The molecule has 0 aromatic rings. The molecule has 0 saturated heterocycles. The van der Waals surface area contributed by atoms with E-state index < -0.39 is 10.1 Å². The molecule has 0 aliphatic carbocycles. The number of hydrogen-bond donors (Lipinski definition) is 2. The average Bonchev–Trinajstić information content (AvgIpc) is 2.23. The van der Waals surface area contributed by atoms with Crippen LogP contribution in [-0.4, -0.2) is 45.3 Å². The summed E-state index contributed by atoms with van der Waals surface area (Å²) < 4.78 is 5.11. The van der Waals surface area contributed by atoms with Crippen molar-refractivity contribution in [3.05, 3.63) is 0 Å². The van der Waals surface area contributed by atoms with Gasteiger partial charge in [0, 0.05) is 11.8 Å². The molecule has 3 nitrogen and oxygen atoms in total. The molecule has 0 bridgehead atoms. The quantitative estimate of drug-likeness (QED) is 0.606. The molecule has 0 aromatic carbocycles. The molecule has 0 rings (SSSR count). The van der Waals surface area contributed by atoms with Crippen molar-refractivity contribution in [2.45, 2.75) is 35.8 Å². The number of rotatable bonds is 10. The maximum absolute atomic E-state index is 9.65. The van der Waals surface area contributed by atoms with Crippen molar-refractivity contribution in [1.29, 1.82) is 0 Å². The van der Waals surface area contributed by atoms with Gasteiger partial charge < -0.3 is 14.9 Å². The highest BCUT2D eigenvalue weighted by Gasteiger charge is 2.27. The van der Waals surface area contributed by atoms with Crippen LogP contribution < -0.4 is 0 Å². The first-order valence-electron chi connectivity index (χ1n) is 5.35. The predicted octanol–water partition coefficient (Wildman–Crippen LogP) is 2.90. The first-order valence-corrected chi connectivity index (χ1v) is 7.18. The molecule has 0 fully saturated rings. The van der Waals surface area contributed by atoms with Crippen LogP contribution in [0.2, 0.25) is 0 Å². The van der Waals surface area contributed by atoms with Crippen LogP contribution in [0.25, 0.3) is 0 Å².